The molecule has 5 heteroatoms. The minimum atomic E-state index is -0.173. The number of likely N-dealkylation sites (tertiary alicyclic amines) is 1. The van der Waals surface area contributed by atoms with Gasteiger partial charge >= 0.3 is 0 Å². The van der Waals surface area contributed by atoms with Gasteiger partial charge in [-0.15, -0.1) is 0 Å². The molecule has 0 spiro atoms. The highest BCUT2D eigenvalue weighted by molar-refractivity contribution is 5.81. The maximum absolute atomic E-state index is 12.4. The maximum Gasteiger partial charge on any atom is 0.237 e. The first kappa shape index (κ1) is 17.5. The number of amides is 1. The molecule has 1 aromatic rings. The largest absolute Gasteiger partial charge is 0.468 e. The molecule has 5 nitrogen and oxygen atoms in total. The van der Waals surface area contributed by atoms with Crippen LogP contribution in [0.4, 0.5) is 0 Å². The lowest BCUT2D eigenvalue weighted by Crippen LogP contribution is -2.48. The Morgan fingerprint density at radius 1 is 1.25 bits per heavy atom. The zero-order chi connectivity index (χ0) is 16.8. The van der Waals surface area contributed by atoms with E-state index >= 15 is 0 Å². The monoisotopic (exact) mass is 333 g/mol. The van der Waals surface area contributed by atoms with Gasteiger partial charge in [-0.3, -0.25) is 9.69 Å². The molecule has 1 aromatic heterocycles. The molecule has 1 aliphatic carbocycles. The van der Waals surface area contributed by atoms with Gasteiger partial charge in [-0.1, -0.05) is 19.3 Å². The third-order valence-electron chi connectivity index (χ3n) is 5.42. The molecule has 2 aliphatic rings. The van der Waals surface area contributed by atoms with Crippen molar-refractivity contribution in [3.05, 3.63) is 24.2 Å². The molecule has 1 aliphatic heterocycles. The van der Waals surface area contributed by atoms with Crippen LogP contribution in [0.15, 0.2) is 22.8 Å². The molecule has 0 aromatic carbocycles. The Bertz CT molecular complexity index is 491. The summed E-state index contributed by atoms with van der Waals surface area (Å²) in [4.78, 5) is 14.8. The molecule has 1 amide bonds. The van der Waals surface area contributed by atoms with Crippen molar-refractivity contribution in [2.75, 3.05) is 19.6 Å². The van der Waals surface area contributed by atoms with Crippen molar-refractivity contribution in [3.63, 3.8) is 0 Å². The van der Waals surface area contributed by atoms with Crippen molar-refractivity contribution in [1.82, 2.24) is 15.5 Å². The molecule has 0 radical (unpaired) electrons. The molecule has 2 heterocycles. The summed E-state index contributed by atoms with van der Waals surface area (Å²) < 4.78 is 5.67. The first-order valence-electron chi connectivity index (χ1n) is 9.55. The number of carbonyl (C=O) groups excluding carboxylic acids is 1. The van der Waals surface area contributed by atoms with Crippen LogP contribution >= 0.6 is 0 Å². The SMILES string of the molecule is C[C@H](NC[C@@H](c1ccco1)N1CCCCC1)C(=O)NC1CCCC1. The minimum Gasteiger partial charge on any atom is -0.468 e. The summed E-state index contributed by atoms with van der Waals surface area (Å²) in [5.41, 5.74) is 0. The van der Waals surface area contributed by atoms with Gasteiger partial charge in [0.15, 0.2) is 0 Å². The molecular formula is C19H31N3O2. The summed E-state index contributed by atoms with van der Waals surface area (Å²) in [5.74, 6) is 1.12. The third-order valence-corrected chi connectivity index (χ3v) is 5.42. The highest BCUT2D eigenvalue weighted by Gasteiger charge is 2.26. The fourth-order valence-electron chi connectivity index (χ4n) is 3.90. The lowest BCUT2D eigenvalue weighted by atomic mass is 10.1. The second kappa shape index (κ2) is 8.67. The number of furan rings is 1. The fourth-order valence-corrected chi connectivity index (χ4v) is 3.90. The van der Waals surface area contributed by atoms with E-state index in [1.165, 1.54) is 32.1 Å². The van der Waals surface area contributed by atoms with Gasteiger partial charge in [0.25, 0.3) is 0 Å². The average molecular weight is 333 g/mol. The number of piperidine rings is 1. The molecule has 2 fully saturated rings. The van der Waals surface area contributed by atoms with Crippen LogP contribution in [0.2, 0.25) is 0 Å². The Hall–Kier alpha value is -1.33. The van der Waals surface area contributed by atoms with E-state index in [1.54, 1.807) is 6.26 Å². The summed E-state index contributed by atoms with van der Waals surface area (Å²) >= 11 is 0. The molecule has 1 saturated heterocycles. The standard InChI is InChI=1S/C19H31N3O2/c1-15(19(23)21-16-8-3-4-9-16)20-14-17(18-10-7-13-24-18)22-11-5-2-6-12-22/h7,10,13,15-17,20H,2-6,8-9,11-12,14H2,1H3,(H,21,23)/t15-,17-/m0/s1. The highest BCUT2D eigenvalue weighted by Crippen LogP contribution is 2.24. The molecule has 24 heavy (non-hydrogen) atoms. The fraction of sp³-hybridized carbons (Fsp3) is 0.737. The van der Waals surface area contributed by atoms with E-state index in [1.807, 2.05) is 19.1 Å². The van der Waals surface area contributed by atoms with Crippen molar-refractivity contribution in [1.29, 1.82) is 0 Å². The Balaban J connectivity index is 1.53. The first-order chi connectivity index (χ1) is 11.7. The van der Waals surface area contributed by atoms with Crippen molar-refractivity contribution in [2.24, 2.45) is 0 Å². The van der Waals surface area contributed by atoms with Gasteiger partial charge in [0, 0.05) is 12.6 Å². The predicted octanol–water partition coefficient (Wildman–Crippen LogP) is 2.84. The number of hydrogen-bond acceptors (Lipinski definition) is 4. The molecule has 0 bridgehead atoms. The molecule has 2 N–H and O–H groups in total. The third kappa shape index (κ3) is 4.61. The topological polar surface area (TPSA) is 57.5 Å². The normalized spacial score (nSPS) is 22.4. The van der Waals surface area contributed by atoms with Crippen LogP contribution in [0.5, 0.6) is 0 Å². The molecule has 3 rings (SSSR count). The zero-order valence-corrected chi connectivity index (χ0v) is 14.8. The van der Waals surface area contributed by atoms with Crippen LogP contribution in [-0.4, -0.2) is 42.5 Å². The van der Waals surface area contributed by atoms with E-state index in [4.69, 9.17) is 4.42 Å². The van der Waals surface area contributed by atoms with Crippen LogP contribution in [0, 0.1) is 0 Å². The quantitative estimate of drug-likeness (QED) is 0.805. The van der Waals surface area contributed by atoms with Crippen molar-refractivity contribution < 1.29 is 9.21 Å². The van der Waals surface area contributed by atoms with Crippen LogP contribution in [-0.2, 0) is 4.79 Å². The lowest BCUT2D eigenvalue weighted by molar-refractivity contribution is -0.123. The van der Waals surface area contributed by atoms with Crippen LogP contribution in [0.1, 0.15) is 63.7 Å². The van der Waals surface area contributed by atoms with Gasteiger partial charge in [0.1, 0.15) is 5.76 Å². The second-order valence-corrected chi connectivity index (χ2v) is 7.25. The van der Waals surface area contributed by atoms with Crippen LogP contribution in [0.25, 0.3) is 0 Å². The Labute approximate surface area is 145 Å². The van der Waals surface area contributed by atoms with Gasteiger partial charge in [-0.2, -0.15) is 0 Å². The average Bonchev–Trinajstić information content (AvgIpc) is 3.30. The summed E-state index contributed by atoms with van der Waals surface area (Å²) in [5, 5.41) is 6.61. The van der Waals surface area contributed by atoms with Crippen molar-refractivity contribution in [2.45, 2.75) is 70.0 Å². The molecule has 0 unspecified atom stereocenters. The Kier molecular flexibility index (Phi) is 6.32. The summed E-state index contributed by atoms with van der Waals surface area (Å²) in [7, 11) is 0. The number of hydrogen-bond donors (Lipinski definition) is 2. The van der Waals surface area contributed by atoms with Crippen molar-refractivity contribution in [3.8, 4) is 0 Å². The lowest BCUT2D eigenvalue weighted by Gasteiger charge is -2.34. The summed E-state index contributed by atoms with van der Waals surface area (Å²) in [6.45, 7) is 4.91. The highest BCUT2D eigenvalue weighted by atomic mass is 16.3. The number of nitrogens with one attached hydrogen (secondary N) is 2. The molecular weight excluding hydrogens is 302 g/mol. The summed E-state index contributed by atoms with van der Waals surface area (Å²) in [6.07, 6.45) is 10.3. The minimum absolute atomic E-state index is 0.124. The number of rotatable bonds is 7. The molecule has 134 valence electrons. The number of carbonyl (C=O) groups is 1. The summed E-state index contributed by atoms with van der Waals surface area (Å²) in [6, 6.07) is 4.41. The first-order valence-corrected chi connectivity index (χ1v) is 9.55. The van der Waals surface area contributed by atoms with E-state index in [0.29, 0.717) is 6.04 Å². The molecule has 2 atom stereocenters. The number of nitrogens with zero attached hydrogens (tertiary/aromatic N) is 1. The zero-order valence-electron chi connectivity index (χ0n) is 14.8. The van der Waals surface area contributed by atoms with E-state index in [2.05, 4.69) is 15.5 Å². The van der Waals surface area contributed by atoms with E-state index in [-0.39, 0.29) is 18.0 Å². The van der Waals surface area contributed by atoms with Gasteiger partial charge in [0.2, 0.25) is 5.91 Å². The van der Waals surface area contributed by atoms with Gasteiger partial charge in [0.05, 0.1) is 18.3 Å². The Morgan fingerprint density at radius 3 is 2.67 bits per heavy atom. The van der Waals surface area contributed by atoms with Gasteiger partial charge < -0.3 is 15.1 Å². The van der Waals surface area contributed by atoms with Gasteiger partial charge in [-0.05, 0) is 57.8 Å². The predicted molar refractivity (Wildman–Crippen MR) is 94.7 cm³/mol. The van der Waals surface area contributed by atoms with E-state index in [0.717, 1.165) is 38.2 Å². The molecule has 1 saturated carbocycles. The Morgan fingerprint density at radius 2 is 2.00 bits per heavy atom. The van der Waals surface area contributed by atoms with Crippen molar-refractivity contribution >= 4 is 5.91 Å². The van der Waals surface area contributed by atoms with Crippen LogP contribution in [0.3, 0.4) is 0 Å². The second-order valence-electron chi connectivity index (χ2n) is 7.25. The smallest absolute Gasteiger partial charge is 0.237 e. The maximum atomic E-state index is 12.4. The van der Waals surface area contributed by atoms with E-state index < -0.39 is 0 Å². The van der Waals surface area contributed by atoms with E-state index in [9.17, 15) is 4.79 Å². The van der Waals surface area contributed by atoms with Gasteiger partial charge in [-0.25, -0.2) is 0 Å². The van der Waals surface area contributed by atoms with Crippen LogP contribution < -0.4 is 10.6 Å².